The number of hydrogen-bond donors (Lipinski definition) is 0. The molecule has 0 heterocycles. The number of benzene rings is 1. The van der Waals surface area contributed by atoms with Gasteiger partial charge in [0.25, 0.3) is 0 Å². The molecule has 2 aliphatic carbocycles. The Labute approximate surface area is 167 Å². The molecule has 0 spiro atoms. The van der Waals surface area contributed by atoms with Crippen LogP contribution < -0.4 is 0 Å². The summed E-state index contributed by atoms with van der Waals surface area (Å²) in [4.78, 5) is 26.9. The van der Waals surface area contributed by atoms with Crippen LogP contribution in [0.2, 0.25) is 0 Å². The van der Waals surface area contributed by atoms with Gasteiger partial charge in [-0.2, -0.15) is 0 Å². The maximum Gasteiger partial charge on any atom is 0.410 e. The molecule has 0 aliphatic heterocycles. The predicted molar refractivity (Wildman–Crippen MR) is 108 cm³/mol. The Morgan fingerprint density at radius 1 is 1.25 bits per heavy atom. The van der Waals surface area contributed by atoms with Gasteiger partial charge >= 0.3 is 12.1 Å². The minimum absolute atomic E-state index is 0.121. The van der Waals surface area contributed by atoms with Crippen molar-refractivity contribution in [1.29, 1.82) is 0 Å². The second-order valence-corrected chi connectivity index (χ2v) is 9.08. The van der Waals surface area contributed by atoms with Crippen LogP contribution in [0.5, 0.6) is 0 Å². The first-order valence-electron chi connectivity index (χ1n) is 10.0. The smallest absolute Gasteiger partial charge is 0.410 e. The van der Waals surface area contributed by atoms with Crippen molar-refractivity contribution in [3.05, 3.63) is 48.6 Å². The zero-order valence-corrected chi connectivity index (χ0v) is 17.1. The van der Waals surface area contributed by atoms with E-state index in [4.69, 9.17) is 9.47 Å². The molecule has 0 bridgehead atoms. The van der Waals surface area contributed by atoms with E-state index in [1.54, 1.807) is 6.08 Å². The molecule has 2 fully saturated rings. The summed E-state index contributed by atoms with van der Waals surface area (Å²) in [6.45, 7) is 9.97. The van der Waals surface area contributed by atoms with Crippen LogP contribution in [0.3, 0.4) is 0 Å². The molecule has 1 aromatic carbocycles. The number of esters is 1. The van der Waals surface area contributed by atoms with Crippen LogP contribution in [0.4, 0.5) is 4.79 Å². The summed E-state index contributed by atoms with van der Waals surface area (Å²) in [5.74, 6) is 0.134. The Balaban J connectivity index is 1.67. The molecule has 2 atom stereocenters. The van der Waals surface area contributed by atoms with Gasteiger partial charge in [0.15, 0.2) is 0 Å². The number of carbonyl (C=O) groups is 2. The number of amides is 1. The van der Waals surface area contributed by atoms with Gasteiger partial charge in [0.05, 0.1) is 6.42 Å². The van der Waals surface area contributed by atoms with Crippen LogP contribution in [-0.4, -0.2) is 41.8 Å². The van der Waals surface area contributed by atoms with Crippen molar-refractivity contribution in [3.8, 4) is 0 Å². The average molecular weight is 386 g/mol. The second kappa shape index (κ2) is 7.98. The molecule has 0 saturated heterocycles. The van der Waals surface area contributed by atoms with E-state index in [2.05, 4.69) is 18.7 Å². The molecular formula is C23H31NO4. The zero-order valence-electron chi connectivity index (χ0n) is 17.1. The lowest BCUT2D eigenvalue weighted by molar-refractivity contribution is -0.156. The Morgan fingerprint density at radius 2 is 1.93 bits per heavy atom. The van der Waals surface area contributed by atoms with Crippen molar-refractivity contribution in [2.45, 2.75) is 64.0 Å². The quantitative estimate of drug-likeness (QED) is 0.482. The molecule has 0 N–H and O–H groups in total. The highest BCUT2D eigenvalue weighted by Crippen LogP contribution is 2.53. The van der Waals surface area contributed by atoms with Crippen molar-refractivity contribution in [1.82, 2.24) is 4.90 Å². The van der Waals surface area contributed by atoms with Crippen molar-refractivity contribution in [2.24, 2.45) is 5.41 Å². The molecule has 0 aromatic heterocycles. The lowest BCUT2D eigenvalue weighted by Crippen LogP contribution is -2.40. The molecule has 1 aromatic rings. The standard InChI is InChI=1S/C23H31NO4/c1-5-13-27-21(26)24(19-14-18(19)17-9-7-6-8-10-17)16-23(11-12-23)15-20(25)28-22(2,3)4/h5-10,18-19H,1,11-16H2,2-4H3/t18?,19-/m0/s1. The number of nitrogens with zero attached hydrogens (tertiary/aromatic N) is 1. The molecule has 1 amide bonds. The van der Waals surface area contributed by atoms with Gasteiger partial charge in [-0.3, -0.25) is 4.79 Å². The number of hydrogen-bond acceptors (Lipinski definition) is 4. The van der Waals surface area contributed by atoms with Crippen LogP contribution in [0, 0.1) is 5.41 Å². The minimum Gasteiger partial charge on any atom is -0.460 e. The molecule has 1 unspecified atom stereocenters. The normalized spacial score (nSPS) is 22.1. The Morgan fingerprint density at radius 3 is 2.50 bits per heavy atom. The maximum absolute atomic E-state index is 12.7. The van der Waals surface area contributed by atoms with E-state index < -0.39 is 5.60 Å². The molecule has 152 valence electrons. The van der Waals surface area contributed by atoms with Crippen LogP contribution in [-0.2, 0) is 14.3 Å². The fourth-order valence-electron chi connectivity index (χ4n) is 3.73. The SMILES string of the molecule is C=CCOC(=O)N(CC1(CC(=O)OC(C)(C)C)CC1)[C@H]1CC1c1ccccc1. The summed E-state index contributed by atoms with van der Waals surface area (Å²) in [5, 5.41) is 0. The fraction of sp³-hybridized carbons (Fsp3) is 0.565. The molecule has 2 aliphatic rings. The summed E-state index contributed by atoms with van der Waals surface area (Å²) in [5.41, 5.74) is 0.565. The van der Waals surface area contributed by atoms with Gasteiger partial charge in [-0.05, 0) is 51.0 Å². The van der Waals surface area contributed by atoms with Gasteiger partial charge in [0.2, 0.25) is 0 Å². The molecule has 5 heteroatoms. The van der Waals surface area contributed by atoms with E-state index in [1.165, 1.54) is 5.56 Å². The van der Waals surface area contributed by atoms with Crippen LogP contribution in [0.15, 0.2) is 43.0 Å². The van der Waals surface area contributed by atoms with Crippen molar-refractivity contribution in [3.63, 3.8) is 0 Å². The Kier molecular flexibility index (Phi) is 5.82. The zero-order chi connectivity index (χ0) is 20.4. The van der Waals surface area contributed by atoms with Crippen molar-refractivity contribution < 1.29 is 19.1 Å². The Hall–Kier alpha value is -2.30. The third-order valence-electron chi connectivity index (χ3n) is 5.35. The van der Waals surface area contributed by atoms with Crippen molar-refractivity contribution in [2.75, 3.05) is 13.2 Å². The number of carbonyl (C=O) groups excluding carboxylic acids is 2. The second-order valence-electron chi connectivity index (χ2n) is 9.08. The van der Waals surface area contributed by atoms with Crippen LogP contribution in [0.1, 0.15) is 57.9 Å². The molecule has 0 radical (unpaired) electrons. The molecule has 5 nitrogen and oxygen atoms in total. The molecular weight excluding hydrogens is 354 g/mol. The van der Waals surface area contributed by atoms with Crippen LogP contribution in [0.25, 0.3) is 0 Å². The first-order valence-corrected chi connectivity index (χ1v) is 10.0. The van der Waals surface area contributed by atoms with E-state index in [0.29, 0.717) is 18.9 Å². The molecule has 2 saturated carbocycles. The largest absolute Gasteiger partial charge is 0.460 e. The monoisotopic (exact) mass is 385 g/mol. The summed E-state index contributed by atoms with van der Waals surface area (Å²) in [7, 11) is 0. The van der Waals surface area contributed by atoms with Gasteiger partial charge in [-0.15, -0.1) is 0 Å². The summed E-state index contributed by atoms with van der Waals surface area (Å²) < 4.78 is 10.9. The lowest BCUT2D eigenvalue weighted by atomic mass is 10.0. The summed E-state index contributed by atoms with van der Waals surface area (Å²) >= 11 is 0. The Bertz CT molecular complexity index is 718. The van der Waals surface area contributed by atoms with E-state index in [0.717, 1.165) is 19.3 Å². The van der Waals surface area contributed by atoms with E-state index in [1.807, 2.05) is 43.9 Å². The van der Waals surface area contributed by atoms with Gasteiger partial charge in [-0.25, -0.2) is 4.79 Å². The predicted octanol–water partition coefficient (Wildman–Crippen LogP) is 4.68. The first kappa shape index (κ1) is 20.4. The van der Waals surface area contributed by atoms with Gasteiger partial charge < -0.3 is 14.4 Å². The molecule has 28 heavy (non-hydrogen) atoms. The highest BCUT2D eigenvalue weighted by molar-refractivity contribution is 5.72. The fourth-order valence-corrected chi connectivity index (χ4v) is 3.73. The minimum atomic E-state index is -0.495. The number of ether oxygens (including phenoxy) is 2. The highest BCUT2D eigenvalue weighted by Gasteiger charge is 2.52. The van der Waals surface area contributed by atoms with Gasteiger partial charge in [-0.1, -0.05) is 43.0 Å². The van der Waals surface area contributed by atoms with Crippen LogP contribution >= 0.6 is 0 Å². The maximum atomic E-state index is 12.7. The van der Waals surface area contributed by atoms with E-state index in [9.17, 15) is 9.59 Å². The van der Waals surface area contributed by atoms with Gasteiger partial charge in [0.1, 0.15) is 12.2 Å². The van der Waals surface area contributed by atoms with Crippen molar-refractivity contribution >= 4 is 12.1 Å². The third kappa shape index (κ3) is 5.37. The topological polar surface area (TPSA) is 55.8 Å². The molecule has 3 rings (SSSR count). The van der Waals surface area contributed by atoms with E-state index in [-0.39, 0.29) is 30.1 Å². The average Bonchev–Trinajstić information content (AvgIpc) is 3.53. The summed E-state index contributed by atoms with van der Waals surface area (Å²) in [6.07, 6.45) is 4.39. The first-order chi connectivity index (χ1) is 13.2. The third-order valence-corrected chi connectivity index (χ3v) is 5.35. The number of rotatable bonds is 8. The summed E-state index contributed by atoms with van der Waals surface area (Å²) in [6, 6.07) is 10.4. The lowest BCUT2D eigenvalue weighted by Gasteiger charge is -2.28. The van der Waals surface area contributed by atoms with E-state index >= 15 is 0 Å². The van der Waals surface area contributed by atoms with Gasteiger partial charge in [0, 0.05) is 18.5 Å². The highest BCUT2D eigenvalue weighted by atomic mass is 16.6.